The molecule has 0 atom stereocenters. The Hall–Kier alpha value is -5.98. The van der Waals surface area contributed by atoms with E-state index in [4.69, 9.17) is 0 Å². The summed E-state index contributed by atoms with van der Waals surface area (Å²) in [6.45, 7) is 4.77. The summed E-state index contributed by atoms with van der Waals surface area (Å²) in [5.74, 6) is 0. The van der Waals surface area contributed by atoms with E-state index in [1.54, 1.807) is 0 Å². The van der Waals surface area contributed by atoms with Crippen molar-refractivity contribution in [1.82, 2.24) is 0 Å². The Bertz CT molecular complexity index is 2720. The SMILES string of the molecule is CC1(C)c2cc(-c3c4ccccc4c(-c4ccc(-c5ccc6ccccc6c5)cc4)c4ccccc34)ccc2-c2c1ccc1ccccc21. The summed E-state index contributed by atoms with van der Waals surface area (Å²) in [6.07, 6.45) is 0. The van der Waals surface area contributed by atoms with Gasteiger partial charge in [0.05, 0.1) is 0 Å². The highest BCUT2D eigenvalue weighted by Crippen LogP contribution is 2.53. The summed E-state index contributed by atoms with van der Waals surface area (Å²) in [6, 6.07) is 63.1. The van der Waals surface area contributed by atoms with Gasteiger partial charge in [-0.3, -0.25) is 0 Å². The Kier molecular flexibility index (Phi) is 6.02. The Balaban J connectivity index is 1.16. The zero-order valence-corrected chi connectivity index (χ0v) is 27.7. The van der Waals surface area contributed by atoms with Gasteiger partial charge >= 0.3 is 0 Å². The van der Waals surface area contributed by atoms with Crippen LogP contribution in [0.25, 0.3) is 87.6 Å². The maximum absolute atomic E-state index is 2.48. The fourth-order valence-corrected chi connectivity index (χ4v) is 8.61. The van der Waals surface area contributed by atoms with E-state index in [1.807, 2.05) is 0 Å². The lowest BCUT2D eigenvalue weighted by Crippen LogP contribution is -2.15. The highest BCUT2D eigenvalue weighted by atomic mass is 14.4. The maximum atomic E-state index is 2.48. The van der Waals surface area contributed by atoms with Gasteiger partial charge in [-0.15, -0.1) is 0 Å². The van der Waals surface area contributed by atoms with Crippen LogP contribution in [0.1, 0.15) is 25.0 Å². The minimum absolute atomic E-state index is 0.0942. The second-order valence-corrected chi connectivity index (χ2v) is 14.1. The molecule has 9 aromatic carbocycles. The average molecular weight is 623 g/mol. The first kappa shape index (κ1) is 28.1. The van der Waals surface area contributed by atoms with Crippen LogP contribution in [0.3, 0.4) is 0 Å². The normalized spacial score (nSPS) is 13.3. The Morgan fingerprint density at radius 3 is 1.47 bits per heavy atom. The van der Waals surface area contributed by atoms with E-state index in [9.17, 15) is 0 Å². The molecule has 0 unspecified atom stereocenters. The van der Waals surface area contributed by atoms with E-state index < -0.39 is 0 Å². The molecular formula is C49H34. The predicted molar refractivity (Wildman–Crippen MR) is 210 cm³/mol. The van der Waals surface area contributed by atoms with E-state index in [-0.39, 0.29) is 5.41 Å². The van der Waals surface area contributed by atoms with Crippen LogP contribution in [0.5, 0.6) is 0 Å². The van der Waals surface area contributed by atoms with Gasteiger partial charge in [-0.2, -0.15) is 0 Å². The molecule has 0 fully saturated rings. The third kappa shape index (κ3) is 4.17. The van der Waals surface area contributed by atoms with Gasteiger partial charge in [0.25, 0.3) is 0 Å². The molecular weight excluding hydrogens is 589 g/mol. The molecule has 49 heavy (non-hydrogen) atoms. The highest BCUT2D eigenvalue weighted by molar-refractivity contribution is 6.21. The van der Waals surface area contributed by atoms with Gasteiger partial charge in [0.15, 0.2) is 0 Å². The van der Waals surface area contributed by atoms with Gasteiger partial charge in [-0.25, -0.2) is 0 Å². The molecule has 1 aliphatic rings. The Morgan fingerprint density at radius 1 is 0.306 bits per heavy atom. The highest BCUT2D eigenvalue weighted by Gasteiger charge is 2.36. The molecule has 0 aromatic heterocycles. The van der Waals surface area contributed by atoms with Crippen LogP contribution in [0.15, 0.2) is 170 Å². The monoisotopic (exact) mass is 622 g/mol. The first-order chi connectivity index (χ1) is 24.1. The van der Waals surface area contributed by atoms with E-state index in [0.29, 0.717) is 0 Å². The number of benzene rings is 9. The summed E-state index contributed by atoms with van der Waals surface area (Å²) >= 11 is 0. The molecule has 0 saturated heterocycles. The molecule has 1 aliphatic carbocycles. The van der Waals surface area contributed by atoms with Gasteiger partial charge < -0.3 is 0 Å². The molecule has 0 N–H and O–H groups in total. The molecule has 0 heterocycles. The second kappa shape index (κ2) is 10.5. The zero-order chi connectivity index (χ0) is 32.7. The van der Waals surface area contributed by atoms with Crippen LogP contribution in [0.2, 0.25) is 0 Å². The van der Waals surface area contributed by atoms with Crippen molar-refractivity contribution in [3.05, 3.63) is 181 Å². The first-order valence-electron chi connectivity index (χ1n) is 17.3. The topological polar surface area (TPSA) is 0 Å². The Labute approximate surface area is 286 Å². The van der Waals surface area contributed by atoms with Crippen molar-refractivity contribution in [3.63, 3.8) is 0 Å². The molecule has 0 amide bonds. The van der Waals surface area contributed by atoms with Gasteiger partial charge in [0.2, 0.25) is 0 Å². The lowest BCUT2D eigenvalue weighted by atomic mass is 9.80. The number of fused-ring (bicyclic) bond motifs is 8. The molecule has 10 rings (SSSR count). The third-order valence-corrected chi connectivity index (χ3v) is 11.0. The van der Waals surface area contributed by atoms with Crippen LogP contribution in [0, 0.1) is 0 Å². The van der Waals surface area contributed by atoms with Crippen molar-refractivity contribution in [3.8, 4) is 44.5 Å². The van der Waals surface area contributed by atoms with Crippen molar-refractivity contribution < 1.29 is 0 Å². The van der Waals surface area contributed by atoms with Crippen LogP contribution < -0.4 is 0 Å². The lowest BCUT2D eigenvalue weighted by Gasteiger charge is -2.23. The first-order valence-corrected chi connectivity index (χ1v) is 17.3. The molecule has 0 aliphatic heterocycles. The predicted octanol–water partition coefficient (Wildman–Crippen LogP) is 13.6. The maximum Gasteiger partial charge on any atom is 0.0159 e. The number of hydrogen-bond donors (Lipinski definition) is 0. The quantitative estimate of drug-likeness (QED) is 0.172. The van der Waals surface area contributed by atoms with Gasteiger partial charge in [0.1, 0.15) is 0 Å². The minimum Gasteiger partial charge on any atom is -0.0616 e. The summed E-state index contributed by atoms with van der Waals surface area (Å²) in [4.78, 5) is 0. The van der Waals surface area contributed by atoms with E-state index in [0.717, 1.165) is 0 Å². The van der Waals surface area contributed by atoms with Crippen LogP contribution in [-0.4, -0.2) is 0 Å². The molecule has 230 valence electrons. The molecule has 0 heteroatoms. The molecule has 0 saturated carbocycles. The molecule has 0 bridgehead atoms. The fourth-order valence-electron chi connectivity index (χ4n) is 8.61. The van der Waals surface area contributed by atoms with Crippen molar-refractivity contribution in [2.75, 3.05) is 0 Å². The van der Waals surface area contributed by atoms with Gasteiger partial charge in [-0.1, -0.05) is 172 Å². The van der Waals surface area contributed by atoms with Crippen molar-refractivity contribution >= 4 is 43.1 Å². The Morgan fingerprint density at radius 2 is 0.796 bits per heavy atom. The molecule has 0 nitrogen and oxygen atoms in total. The smallest absolute Gasteiger partial charge is 0.0159 e. The summed E-state index contributed by atoms with van der Waals surface area (Å²) in [7, 11) is 0. The van der Waals surface area contributed by atoms with Crippen LogP contribution >= 0.6 is 0 Å². The van der Waals surface area contributed by atoms with E-state index >= 15 is 0 Å². The van der Waals surface area contributed by atoms with E-state index in [1.165, 1.54) is 98.7 Å². The van der Waals surface area contributed by atoms with Crippen molar-refractivity contribution in [1.29, 1.82) is 0 Å². The number of rotatable bonds is 3. The lowest BCUT2D eigenvalue weighted by molar-refractivity contribution is 0.661. The van der Waals surface area contributed by atoms with Crippen LogP contribution in [0.4, 0.5) is 0 Å². The summed E-state index contributed by atoms with van der Waals surface area (Å²) in [5.41, 5.74) is 13.0. The van der Waals surface area contributed by atoms with E-state index in [2.05, 4.69) is 184 Å². The average Bonchev–Trinajstić information content (AvgIpc) is 3.39. The third-order valence-electron chi connectivity index (χ3n) is 11.0. The zero-order valence-electron chi connectivity index (χ0n) is 27.7. The standard InChI is InChI=1S/C49H34/c1-49(2)44-28-26-33-12-5-6-14-38(33)48(44)43-27-25-37(30-45(43)49)47-41-17-9-7-15-39(41)46(40-16-8-10-18-42(40)47)34-22-19-32(20-23-34)36-24-21-31-11-3-4-13-35(31)29-36/h3-30H,1-2H3. The largest absolute Gasteiger partial charge is 0.0616 e. The molecule has 0 spiro atoms. The second-order valence-electron chi connectivity index (χ2n) is 14.1. The van der Waals surface area contributed by atoms with Crippen molar-refractivity contribution in [2.24, 2.45) is 0 Å². The molecule has 9 aromatic rings. The van der Waals surface area contributed by atoms with Crippen LogP contribution in [-0.2, 0) is 5.41 Å². The fraction of sp³-hybridized carbons (Fsp3) is 0.0612. The molecule has 0 radical (unpaired) electrons. The van der Waals surface area contributed by atoms with Gasteiger partial charge in [0, 0.05) is 5.41 Å². The summed E-state index contributed by atoms with van der Waals surface area (Å²) < 4.78 is 0. The van der Waals surface area contributed by atoms with Crippen molar-refractivity contribution in [2.45, 2.75) is 19.3 Å². The number of hydrogen-bond acceptors (Lipinski definition) is 0. The minimum atomic E-state index is -0.0942. The summed E-state index contributed by atoms with van der Waals surface area (Å²) in [5, 5.41) is 10.3. The van der Waals surface area contributed by atoms with Gasteiger partial charge in [-0.05, 0) is 111 Å².